The molecule has 12 heavy (non-hydrogen) atoms. The predicted molar refractivity (Wildman–Crippen MR) is 48.6 cm³/mol. The normalized spacial score (nSPS) is 45.5. The highest BCUT2D eigenvalue weighted by molar-refractivity contribution is 5.12. The van der Waals surface area contributed by atoms with Gasteiger partial charge in [0.1, 0.15) is 0 Å². The second-order valence-corrected chi connectivity index (χ2v) is 5.08. The molecule has 2 fully saturated rings. The molecule has 2 heteroatoms. The van der Waals surface area contributed by atoms with Gasteiger partial charge in [0, 0.05) is 12.0 Å². The molecule has 2 saturated carbocycles. The smallest absolute Gasteiger partial charge is 0.0664 e. The van der Waals surface area contributed by atoms with E-state index in [9.17, 15) is 5.11 Å². The molecule has 2 nitrogen and oxygen atoms in total. The molecule has 0 aromatic rings. The lowest BCUT2D eigenvalue weighted by Crippen LogP contribution is -2.36. The number of hydrogen-bond donors (Lipinski definition) is 2. The van der Waals surface area contributed by atoms with Crippen LogP contribution in [0.4, 0.5) is 0 Å². The monoisotopic (exact) mass is 169 g/mol. The first-order valence-electron chi connectivity index (χ1n) is 4.93. The zero-order valence-electron chi connectivity index (χ0n) is 8.01. The first-order valence-corrected chi connectivity index (χ1v) is 4.93. The van der Waals surface area contributed by atoms with Crippen molar-refractivity contribution < 1.29 is 5.11 Å². The zero-order chi connectivity index (χ0) is 8.98. The van der Waals surface area contributed by atoms with Crippen LogP contribution in [0.1, 0.15) is 33.1 Å². The lowest BCUT2D eigenvalue weighted by atomic mass is 9.85. The lowest BCUT2D eigenvalue weighted by Gasteiger charge is -2.27. The van der Waals surface area contributed by atoms with Gasteiger partial charge in [-0.15, -0.1) is 0 Å². The van der Waals surface area contributed by atoms with Crippen molar-refractivity contribution in [1.29, 1.82) is 0 Å². The van der Waals surface area contributed by atoms with Crippen LogP contribution in [-0.4, -0.2) is 17.8 Å². The van der Waals surface area contributed by atoms with Crippen molar-refractivity contribution in [3.8, 4) is 0 Å². The van der Waals surface area contributed by atoms with Crippen LogP contribution < -0.4 is 5.73 Å². The maximum atomic E-state index is 10.1. The van der Waals surface area contributed by atoms with E-state index in [0.29, 0.717) is 12.5 Å². The third kappa shape index (κ3) is 0.944. The average molecular weight is 169 g/mol. The third-order valence-electron chi connectivity index (χ3n) is 4.22. The molecule has 2 rings (SSSR count). The molecule has 0 bridgehead atoms. The van der Waals surface area contributed by atoms with E-state index >= 15 is 0 Å². The molecule has 3 unspecified atom stereocenters. The van der Waals surface area contributed by atoms with Crippen molar-refractivity contribution >= 4 is 0 Å². The Morgan fingerprint density at radius 2 is 2.08 bits per heavy atom. The summed E-state index contributed by atoms with van der Waals surface area (Å²) in [5.74, 6) is 0.691. The van der Waals surface area contributed by atoms with E-state index in [1.165, 1.54) is 6.42 Å². The van der Waals surface area contributed by atoms with Crippen LogP contribution in [0.3, 0.4) is 0 Å². The van der Waals surface area contributed by atoms with Crippen LogP contribution in [-0.2, 0) is 0 Å². The largest absolute Gasteiger partial charge is 0.392 e. The Balaban J connectivity index is 2.05. The summed E-state index contributed by atoms with van der Waals surface area (Å²) >= 11 is 0. The molecule has 2 aliphatic carbocycles. The van der Waals surface area contributed by atoms with E-state index in [1.54, 1.807) is 0 Å². The van der Waals surface area contributed by atoms with Gasteiger partial charge in [0.05, 0.1) is 6.10 Å². The molecule has 0 aromatic heterocycles. The standard InChI is InChI=1S/C10H19NO/c1-7-5-9(7,2)8(12)10(6-11)3-4-10/h7-8,12H,3-6,11H2,1-2H3. The van der Waals surface area contributed by atoms with Crippen molar-refractivity contribution in [1.82, 2.24) is 0 Å². The second-order valence-electron chi connectivity index (χ2n) is 5.08. The second kappa shape index (κ2) is 2.24. The summed E-state index contributed by atoms with van der Waals surface area (Å²) in [4.78, 5) is 0. The molecule has 0 saturated heterocycles. The van der Waals surface area contributed by atoms with Gasteiger partial charge in [0.25, 0.3) is 0 Å². The Morgan fingerprint density at radius 3 is 2.33 bits per heavy atom. The zero-order valence-corrected chi connectivity index (χ0v) is 8.01. The molecule has 0 aliphatic heterocycles. The Bertz CT molecular complexity index is 196. The van der Waals surface area contributed by atoms with Gasteiger partial charge in [0.2, 0.25) is 0 Å². The highest BCUT2D eigenvalue weighted by Crippen LogP contribution is 2.63. The molecular formula is C10H19NO. The SMILES string of the molecule is CC1CC1(C)C(O)C1(CN)CC1. The van der Waals surface area contributed by atoms with Gasteiger partial charge in [-0.1, -0.05) is 13.8 Å². The Morgan fingerprint density at radius 1 is 1.58 bits per heavy atom. The van der Waals surface area contributed by atoms with Crippen LogP contribution in [0.2, 0.25) is 0 Å². The lowest BCUT2D eigenvalue weighted by molar-refractivity contribution is 0.0288. The summed E-state index contributed by atoms with van der Waals surface area (Å²) in [7, 11) is 0. The summed E-state index contributed by atoms with van der Waals surface area (Å²) < 4.78 is 0. The fourth-order valence-electron chi connectivity index (χ4n) is 2.43. The molecular weight excluding hydrogens is 150 g/mol. The number of hydrogen-bond acceptors (Lipinski definition) is 2. The fourth-order valence-corrected chi connectivity index (χ4v) is 2.43. The van der Waals surface area contributed by atoms with Crippen LogP contribution in [0, 0.1) is 16.7 Å². The van der Waals surface area contributed by atoms with Gasteiger partial charge < -0.3 is 10.8 Å². The van der Waals surface area contributed by atoms with Crippen LogP contribution >= 0.6 is 0 Å². The molecule has 0 heterocycles. The number of rotatable bonds is 3. The van der Waals surface area contributed by atoms with Crippen LogP contribution in [0.5, 0.6) is 0 Å². The van der Waals surface area contributed by atoms with Crippen molar-refractivity contribution in [2.24, 2.45) is 22.5 Å². The van der Waals surface area contributed by atoms with Gasteiger partial charge in [-0.2, -0.15) is 0 Å². The van der Waals surface area contributed by atoms with Gasteiger partial charge >= 0.3 is 0 Å². The Hall–Kier alpha value is -0.0800. The van der Waals surface area contributed by atoms with Gasteiger partial charge in [-0.25, -0.2) is 0 Å². The predicted octanol–water partition coefficient (Wildman–Crippen LogP) is 1.13. The van der Waals surface area contributed by atoms with Crippen LogP contribution in [0.25, 0.3) is 0 Å². The fraction of sp³-hybridized carbons (Fsp3) is 1.00. The summed E-state index contributed by atoms with van der Waals surface area (Å²) in [6.07, 6.45) is 3.29. The number of aliphatic hydroxyl groups excluding tert-OH is 1. The average Bonchev–Trinajstić information content (AvgIpc) is 2.90. The Kier molecular flexibility index (Phi) is 1.59. The minimum absolute atomic E-state index is 0.111. The molecule has 0 spiro atoms. The first kappa shape index (κ1) is 8.52. The van der Waals surface area contributed by atoms with Crippen molar-refractivity contribution in [3.63, 3.8) is 0 Å². The minimum atomic E-state index is -0.148. The quantitative estimate of drug-likeness (QED) is 0.665. The van der Waals surface area contributed by atoms with E-state index in [2.05, 4.69) is 13.8 Å². The topological polar surface area (TPSA) is 46.2 Å². The molecule has 3 atom stereocenters. The third-order valence-corrected chi connectivity index (χ3v) is 4.22. The van der Waals surface area contributed by atoms with E-state index in [-0.39, 0.29) is 16.9 Å². The Labute approximate surface area is 74.1 Å². The summed E-state index contributed by atoms with van der Waals surface area (Å²) in [6.45, 7) is 5.07. The van der Waals surface area contributed by atoms with E-state index in [1.807, 2.05) is 0 Å². The van der Waals surface area contributed by atoms with E-state index < -0.39 is 0 Å². The van der Waals surface area contributed by atoms with Gasteiger partial charge in [-0.05, 0) is 30.6 Å². The summed E-state index contributed by atoms with van der Waals surface area (Å²) in [5, 5.41) is 10.1. The maximum absolute atomic E-state index is 10.1. The summed E-state index contributed by atoms with van der Waals surface area (Å²) in [6, 6.07) is 0. The van der Waals surface area contributed by atoms with E-state index in [0.717, 1.165) is 12.8 Å². The molecule has 70 valence electrons. The van der Waals surface area contributed by atoms with Crippen molar-refractivity contribution in [2.45, 2.75) is 39.2 Å². The van der Waals surface area contributed by atoms with Crippen molar-refractivity contribution in [3.05, 3.63) is 0 Å². The molecule has 0 radical (unpaired) electrons. The van der Waals surface area contributed by atoms with Gasteiger partial charge in [-0.3, -0.25) is 0 Å². The highest BCUT2D eigenvalue weighted by Gasteiger charge is 2.62. The van der Waals surface area contributed by atoms with E-state index in [4.69, 9.17) is 5.73 Å². The molecule has 2 aliphatic rings. The maximum Gasteiger partial charge on any atom is 0.0664 e. The summed E-state index contributed by atoms with van der Waals surface area (Å²) in [5.41, 5.74) is 5.98. The highest BCUT2D eigenvalue weighted by atomic mass is 16.3. The first-order chi connectivity index (χ1) is 5.55. The van der Waals surface area contributed by atoms with Crippen molar-refractivity contribution in [2.75, 3.05) is 6.54 Å². The molecule has 0 amide bonds. The number of aliphatic hydroxyl groups is 1. The number of nitrogens with two attached hydrogens (primary N) is 1. The van der Waals surface area contributed by atoms with Crippen LogP contribution in [0.15, 0.2) is 0 Å². The minimum Gasteiger partial charge on any atom is -0.392 e. The van der Waals surface area contributed by atoms with Gasteiger partial charge in [0.15, 0.2) is 0 Å². The molecule has 0 aromatic carbocycles. The molecule has 3 N–H and O–H groups in total.